The van der Waals surface area contributed by atoms with Gasteiger partial charge in [-0.15, -0.1) is 29.3 Å². The third-order valence-electron chi connectivity index (χ3n) is 9.71. The zero-order valence-electron chi connectivity index (χ0n) is 32.4. The molecule has 5 heteroatoms. The van der Waals surface area contributed by atoms with Gasteiger partial charge in [-0.05, 0) is 23.1 Å². The Kier molecular flexibility index (Phi) is 17.3. The summed E-state index contributed by atoms with van der Waals surface area (Å²) in [7, 11) is 0. The molecule has 0 heterocycles. The molecule has 0 nitrogen and oxygen atoms in total. The van der Waals surface area contributed by atoms with Gasteiger partial charge in [0.15, 0.2) is 0 Å². The third kappa shape index (κ3) is 12.1. The van der Waals surface area contributed by atoms with Gasteiger partial charge in [-0.3, -0.25) is 0 Å². The van der Waals surface area contributed by atoms with E-state index in [1.807, 2.05) is 36.4 Å². The van der Waals surface area contributed by atoms with E-state index >= 15 is 0 Å². The molecule has 0 saturated heterocycles. The van der Waals surface area contributed by atoms with Crippen molar-refractivity contribution < 1.29 is 49.0 Å². The van der Waals surface area contributed by atoms with E-state index in [4.69, 9.17) is 23.2 Å². The number of aryl methyl sites for hydroxylation is 1. The topological polar surface area (TPSA) is 0 Å². The molecule has 0 radical (unpaired) electrons. The summed E-state index contributed by atoms with van der Waals surface area (Å²) in [6.45, 7) is 9.05. The fraction of sp³-hybridized carbons (Fsp3) is 0.176. The molecule has 0 amide bonds. The first-order valence-electron chi connectivity index (χ1n) is 18.7. The van der Waals surface area contributed by atoms with Crippen LogP contribution in [0.1, 0.15) is 73.9 Å². The van der Waals surface area contributed by atoms with E-state index in [9.17, 15) is 0 Å². The molecule has 1 aliphatic carbocycles. The molecule has 7 aromatic carbocycles. The summed E-state index contributed by atoms with van der Waals surface area (Å²) in [5.74, 6) is 0. The Bertz CT molecular complexity index is 2180. The maximum Gasteiger partial charge on any atom is -0.0181 e. The van der Waals surface area contributed by atoms with E-state index < -0.39 is 0 Å². The van der Waals surface area contributed by atoms with Crippen LogP contribution in [-0.4, -0.2) is 3.21 Å². The molecular formula is C51H46Cl4Zr-2. The Hall–Kier alpha value is -3.42. The van der Waals surface area contributed by atoms with E-state index in [-0.39, 0.29) is 24.8 Å². The molecular weight excluding hydrogens is 846 g/mol. The van der Waals surface area contributed by atoms with Gasteiger partial charge in [-0.2, -0.15) is 23.3 Å². The molecule has 0 unspecified atom stereocenters. The van der Waals surface area contributed by atoms with Crippen LogP contribution in [0, 0.1) is 6.07 Å². The first-order chi connectivity index (χ1) is 26.1. The average Bonchev–Trinajstić information content (AvgIpc) is 3.83. The Morgan fingerprint density at radius 2 is 1.25 bits per heavy atom. The average molecular weight is 892 g/mol. The summed E-state index contributed by atoms with van der Waals surface area (Å²) in [6, 6.07) is 58.7. The van der Waals surface area contributed by atoms with Gasteiger partial charge in [0.2, 0.25) is 0 Å². The van der Waals surface area contributed by atoms with Crippen LogP contribution in [0.3, 0.4) is 0 Å². The molecule has 0 saturated carbocycles. The van der Waals surface area contributed by atoms with Crippen molar-refractivity contribution in [2.75, 3.05) is 0 Å². The minimum absolute atomic E-state index is 0. The SMILES string of the molecule is CCCCc1cc(C(C)(C)C)c[cH-]1.Clc1cccc([C](=[Zr+2])c2cccc(Cl)c2)c1.[Cl-].[Cl-].[c-]1c(-c2ccccc2)ccc2c1Cc1cc(-c3ccccc3)ccc1-2. The van der Waals surface area contributed by atoms with E-state index in [1.165, 1.54) is 102 Å². The van der Waals surface area contributed by atoms with Gasteiger partial charge in [-0.1, -0.05) is 148 Å². The number of halogens is 4. The Morgan fingerprint density at radius 1 is 0.661 bits per heavy atom. The molecule has 0 N–H and O–H groups in total. The summed E-state index contributed by atoms with van der Waals surface area (Å²) in [5.41, 5.74) is 16.0. The molecule has 8 rings (SSSR count). The van der Waals surface area contributed by atoms with Crippen LogP contribution in [0.4, 0.5) is 0 Å². The number of fused-ring (bicyclic) bond motifs is 3. The van der Waals surface area contributed by atoms with Crippen LogP contribution in [0.2, 0.25) is 10.0 Å². The molecule has 0 atom stereocenters. The van der Waals surface area contributed by atoms with E-state index in [0.29, 0.717) is 5.41 Å². The second-order valence-corrected chi connectivity index (χ2v) is 16.9. The van der Waals surface area contributed by atoms with Crippen molar-refractivity contribution in [3.63, 3.8) is 0 Å². The zero-order valence-corrected chi connectivity index (χ0v) is 37.8. The van der Waals surface area contributed by atoms with Gasteiger partial charge in [0.05, 0.1) is 0 Å². The van der Waals surface area contributed by atoms with Crippen molar-refractivity contribution in [3.05, 3.63) is 207 Å². The summed E-state index contributed by atoms with van der Waals surface area (Å²) in [4.78, 5) is 0. The van der Waals surface area contributed by atoms with Crippen molar-refractivity contribution in [3.8, 4) is 33.4 Å². The van der Waals surface area contributed by atoms with Crippen molar-refractivity contribution in [2.45, 2.75) is 58.8 Å². The predicted molar refractivity (Wildman–Crippen MR) is 230 cm³/mol. The van der Waals surface area contributed by atoms with Crippen molar-refractivity contribution in [2.24, 2.45) is 0 Å². The summed E-state index contributed by atoms with van der Waals surface area (Å²) in [5, 5.41) is 1.53. The van der Waals surface area contributed by atoms with E-state index in [1.54, 1.807) is 0 Å². The van der Waals surface area contributed by atoms with Gasteiger partial charge in [0, 0.05) is 0 Å². The molecule has 0 bridgehead atoms. The minimum Gasteiger partial charge on any atom is -1.00 e. The second-order valence-electron chi connectivity index (χ2n) is 14.8. The minimum atomic E-state index is 0. The fourth-order valence-electron chi connectivity index (χ4n) is 6.67. The van der Waals surface area contributed by atoms with Crippen LogP contribution in [0.25, 0.3) is 33.4 Å². The number of hydrogen-bond donors (Lipinski definition) is 0. The molecule has 0 aromatic heterocycles. The Labute approximate surface area is 371 Å². The summed E-state index contributed by atoms with van der Waals surface area (Å²) < 4.78 is 1.26. The van der Waals surface area contributed by atoms with Crippen molar-refractivity contribution in [1.82, 2.24) is 0 Å². The van der Waals surface area contributed by atoms with Crippen LogP contribution < -0.4 is 24.8 Å². The number of unbranched alkanes of at least 4 members (excludes halogenated alkanes) is 1. The molecule has 0 spiro atoms. The fourth-order valence-corrected chi connectivity index (χ4v) is 7.82. The Balaban J connectivity index is 0.000000196. The molecule has 7 aromatic rings. The maximum atomic E-state index is 5.98. The van der Waals surface area contributed by atoms with Crippen LogP contribution in [0.5, 0.6) is 0 Å². The largest absolute Gasteiger partial charge is 1.00 e. The van der Waals surface area contributed by atoms with Crippen molar-refractivity contribution in [1.29, 1.82) is 0 Å². The smallest absolute Gasteiger partial charge is 0.0181 e. The van der Waals surface area contributed by atoms with E-state index in [2.05, 4.69) is 155 Å². The molecule has 284 valence electrons. The third-order valence-corrected chi connectivity index (χ3v) is 11.6. The van der Waals surface area contributed by atoms with Gasteiger partial charge < -0.3 is 24.8 Å². The first-order valence-corrected chi connectivity index (χ1v) is 20.7. The monoisotopic (exact) mass is 888 g/mol. The van der Waals surface area contributed by atoms with E-state index in [0.717, 1.165) is 27.6 Å². The van der Waals surface area contributed by atoms with Gasteiger partial charge in [0.1, 0.15) is 0 Å². The number of rotatable bonds is 7. The first kappa shape index (κ1) is 45.3. The normalized spacial score (nSPS) is 11.0. The van der Waals surface area contributed by atoms with Crippen LogP contribution >= 0.6 is 23.2 Å². The van der Waals surface area contributed by atoms with Crippen LogP contribution in [0.15, 0.2) is 158 Å². The van der Waals surface area contributed by atoms with Gasteiger partial charge >= 0.3 is 120 Å². The molecule has 1 aliphatic rings. The quantitative estimate of drug-likeness (QED) is 0.141. The second kappa shape index (κ2) is 21.4. The van der Waals surface area contributed by atoms with Crippen LogP contribution in [-0.2, 0) is 42.5 Å². The van der Waals surface area contributed by atoms with Gasteiger partial charge in [0.25, 0.3) is 0 Å². The predicted octanol–water partition coefficient (Wildman–Crippen LogP) is 8.55. The molecule has 0 aliphatic heterocycles. The van der Waals surface area contributed by atoms with Crippen molar-refractivity contribution >= 4 is 26.4 Å². The summed E-state index contributed by atoms with van der Waals surface area (Å²) >= 11 is 13.3. The molecule has 0 fully saturated rings. The standard InChI is InChI=1S/C25H17.C13H8Cl2.C13H21.2ClH.Zr/c1-3-7-18(8-4-1)20-11-13-24-22(15-20)17-23-16-21(12-14-25(23)24)19-9-5-2-6-10-19;14-12-5-1-3-10(8-12)7-11-4-2-6-13(15)9-11;1-5-6-7-11-8-9-12(10-11)13(2,3)4;;;/h1-15H,17H2;1-6,8-9H;8-10H,5-7H2,1-4H3;2*1H;/q-1;;-1;;;+2/p-2. The zero-order chi connectivity index (χ0) is 38.1. The molecule has 56 heavy (non-hydrogen) atoms. The Morgan fingerprint density at radius 3 is 1.80 bits per heavy atom. The van der Waals surface area contributed by atoms with Gasteiger partial charge in [-0.25, -0.2) is 6.07 Å². The maximum absolute atomic E-state index is 5.98. The number of benzene rings is 6. The number of hydrogen-bond acceptors (Lipinski definition) is 0. The summed E-state index contributed by atoms with van der Waals surface area (Å²) in [6.07, 6.45) is 4.81.